The Labute approximate surface area is 160 Å². The maximum absolute atomic E-state index is 12.7. The van der Waals surface area contributed by atoms with Crippen LogP contribution in [0.1, 0.15) is 16.7 Å². The zero-order chi connectivity index (χ0) is 18.4. The van der Waals surface area contributed by atoms with E-state index in [0.29, 0.717) is 13.0 Å². The maximum atomic E-state index is 12.7. The number of pyridine rings is 2. The maximum Gasteiger partial charge on any atom is 0.242 e. The second-order valence-electron chi connectivity index (χ2n) is 6.03. The standard InChI is InChI=1S/C20H19BrN4O/c21-18-5-1-4-17(11-18)20(19(22)26,12-16-3-2-8-24-13-16)25-14-15-6-9-23-10-7-15/h1-11,13,25H,12,14H2,(H2,22,26). The van der Waals surface area contributed by atoms with Gasteiger partial charge in [-0.2, -0.15) is 0 Å². The second kappa shape index (κ2) is 8.21. The number of nitrogens with zero attached hydrogens (tertiary/aromatic N) is 2. The number of hydrogen-bond donors (Lipinski definition) is 2. The van der Waals surface area contributed by atoms with Crippen molar-refractivity contribution in [2.75, 3.05) is 0 Å². The van der Waals surface area contributed by atoms with Crippen LogP contribution >= 0.6 is 15.9 Å². The number of hydrogen-bond acceptors (Lipinski definition) is 4. The molecule has 2 aromatic heterocycles. The number of rotatable bonds is 7. The Morgan fingerprint density at radius 2 is 1.85 bits per heavy atom. The summed E-state index contributed by atoms with van der Waals surface area (Å²) in [5.41, 5.74) is 7.60. The van der Waals surface area contributed by atoms with E-state index in [4.69, 9.17) is 5.73 Å². The van der Waals surface area contributed by atoms with Crippen molar-refractivity contribution in [1.82, 2.24) is 15.3 Å². The molecular weight excluding hydrogens is 392 g/mol. The average Bonchev–Trinajstić information content (AvgIpc) is 2.66. The molecule has 1 unspecified atom stereocenters. The summed E-state index contributed by atoms with van der Waals surface area (Å²) < 4.78 is 0.887. The first-order valence-electron chi connectivity index (χ1n) is 8.19. The molecule has 3 N–H and O–H groups in total. The van der Waals surface area contributed by atoms with Crippen molar-refractivity contribution >= 4 is 21.8 Å². The fraction of sp³-hybridized carbons (Fsp3) is 0.150. The fourth-order valence-corrected chi connectivity index (χ4v) is 3.30. The van der Waals surface area contributed by atoms with E-state index in [-0.39, 0.29) is 0 Å². The van der Waals surface area contributed by atoms with Crippen LogP contribution in [0, 0.1) is 0 Å². The van der Waals surface area contributed by atoms with E-state index in [0.717, 1.165) is 21.2 Å². The highest BCUT2D eigenvalue weighted by Gasteiger charge is 2.38. The lowest BCUT2D eigenvalue weighted by atomic mass is 9.83. The number of primary amides is 1. The zero-order valence-electron chi connectivity index (χ0n) is 14.1. The lowest BCUT2D eigenvalue weighted by Crippen LogP contribution is -2.54. The lowest BCUT2D eigenvalue weighted by molar-refractivity contribution is -0.125. The van der Waals surface area contributed by atoms with E-state index in [1.54, 1.807) is 24.8 Å². The third-order valence-electron chi connectivity index (χ3n) is 4.27. The van der Waals surface area contributed by atoms with Crippen LogP contribution in [0.5, 0.6) is 0 Å². The lowest BCUT2D eigenvalue weighted by Gasteiger charge is -2.33. The van der Waals surface area contributed by atoms with Gasteiger partial charge in [0.25, 0.3) is 0 Å². The Bertz CT molecular complexity index is 873. The molecule has 0 saturated carbocycles. The van der Waals surface area contributed by atoms with Crippen LogP contribution in [0.3, 0.4) is 0 Å². The summed E-state index contributed by atoms with van der Waals surface area (Å²) in [6.07, 6.45) is 7.31. The number of halogens is 1. The Morgan fingerprint density at radius 3 is 2.50 bits per heavy atom. The van der Waals surface area contributed by atoms with Gasteiger partial charge in [-0.05, 0) is 47.0 Å². The van der Waals surface area contributed by atoms with Crippen LogP contribution in [0.25, 0.3) is 0 Å². The van der Waals surface area contributed by atoms with Crippen LogP contribution in [0.2, 0.25) is 0 Å². The molecular formula is C20H19BrN4O. The van der Waals surface area contributed by atoms with Crippen LogP contribution in [0.15, 0.2) is 77.8 Å². The molecule has 1 aromatic carbocycles. The van der Waals surface area contributed by atoms with Gasteiger partial charge in [0.2, 0.25) is 5.91 Å². The molecule has 0 bridgehead atoms. The van der Waals surface area contributed by atoms with Gasteiger partial charge in [0, 0.05) is 42.2 Å². The average molecular weight is 411 g/mol. The van der Waals surface area contributed by atoms with Gasteiger partial charge in [-0.25, -0.2) is 0 Å². The molecule has 26 heavy (non-hydrogen) atoms. The minimum Gasteiger partial charge on any atom is -0.368 e. The highest BCUT2D eigenvalue weighted by molar-refractivity contribution is 9.10. The third kappa shape index (κ3) is 4.15. The van der Waals surface area contributed by atoms with E-state index in [1.807, 2.05) is 48.5 Å². The molecule has 3 rings (SSSR count). The predicted molar refractivity (Wildman–Crippen MR) is 104 cm³/mol. The molecule has 0 aliphatic carbocycles. The molecule has 1 amide bonds. The van der Waals surface area contributed by atoms with E-state index in [9.17, 15) is 4.79 Å². The number of benzene rings is 1. The highest BCUT2D eigenvalue weighted by Crippen LogP contribution is 2.28. The van der Waals surface area contributed by atoms with Crippen molar-refractivity contribution in [3.63, 3.8) is 0 Å². The Morgan fingerprint density at radius 1 is 1.04 bits per heavy atom. The minimum atomic E-state index is -1.06. The molecule has 2 heterocycles. The van der Waals surface area contributed by atoms with Crippen molar-refractivity contribution in [1.29, 1.82) is 0 Å². The number of nitrogens with two attached hydrogens (primary N) is 1. The molecule has 0 aliphatic heterocycles. The SMILES string of the molecule is NC(=O)C(Cc1cccnc1)(NCc1ccncc1)c1cccc(Br)c1. The van der Waals surface area contributed by atoms with Gasteiger partial charge >= 0.3 is 0 Å². The van der Waals surface area contributed by atoms with Crippen LogP contribution < -0.4 is 11.1 Å². The Hall–Kier alpha value is -2.57. The van der Waals surface area contributed by atoms with Gasteiger partial charge in [-0.1, -0.05) is 34.1 Å². The summed E-state index contributed by atoms with van der Waals surface area (Å²) in [4.78, 5) is 20.9. The van der Waals surface area contributed by atoms with Crippen molar-refractivity contribution < 1.29 is 4.79 Å². The van der Waals surface area contributed by atoms with E-state index < -0.39 is 11.4 Å². The smallest absolute Gasteiger partial charge is 0.242 e. The Kier molecular flexibility index (Phi) is 5.75. The first kappa shape index (κ1) is 18.2. The van der Waals surface area contributed by atoms with Gasteiger partial charge in [0.05, 0.1) is 0 Å². The van der Waals surface area contributed by atoms with Crippen LogP contribution in [-0.4, -0.2) is 15.9 Å². The largest absolute Gasteiger partial charge is 0.368 e. The Balaban J connectivity index is 2.01. The van der Waals surface area contributed by atoms with Crippen molar-refractivity contribution in [3.8, 4) is 0 Å². The summed E-state index contributed by atoms with van der Waals surface area (Å²) in [5.74, 6) is -0.437. The van der Waals surface area contributed by atoms with Gasteiger partial charge in [0.15, 0.2) is 0 Å². The van der Waals surface area contributed by atoms with Crippen molar-refractivity contribution in [2.45, 2.75) is 18.5 Å². The highest BCUT2D eigenvalue weighted by atomic mass is 79.9. The molecule has 0 radical (unpaired) electrons. The van der Waals surface area contributed by atoms with Gasteiger partial charge < -0.3 is 5.73 Å². The summed E-state index contributed by atoms with van der Waals surface area (Å²) >= 11 is 3.48. The normalized spacial score (nSPS) is 13.1. The molecule has 0 aliphatic rings. The van der Waals surface area contributed by atoms with E-state index in [2.05, 4.69) is 31.2 Å². The monoisotopic (exact) mass is 410 g/mol. The molecule has 132 valence electrons. The van der Waals surface area contributed by atoms with E-state index in [1.165, 1.54) is 0 Å². The van der Waals surface area contributed by atoms with Gasteiger partial charge in [-0.15, -0.1) is 0 Å². The van der Waals surface area contributed by atoms with Crippen molar-refractivity contribution in [2.24, 2.45) is 5.73 Å². The summed E-state index contributed by atoms with van der Waals surface area (Å²) in [7, 11) is 0. The van der Waals surface area contributed by atoms with Crippen LogP contribution in [0.4, 0.5) is 0 Å². The first-order valence-corrected chi connectivity index (χ1v) is 8.98. The van der Waals surface area contributed by atoms with Crippen molar-refractivity contribution in [3.05, 3.63) is 94.5 Å². The molecule has 1 atom stereocenters. The quantitative estimate of drug-likeness (QED) is 0.627. The minimum absolute atomic E-state index is 0.401. The molecule has 3 aromatic rings. The molecule has 0 fully saturated rings. The number of nitrogens with one attached hydrogen (secondary N) is 1. The third-order valence-corrected chi connectivity index (χ3v) is 4.77. The van der Waals surface area contributed by atoms with Crippen LogP contribution in [-0.2, 0) is 23.3 Å². The first-order chi connectivity index (χ1) is 12.6. The fourth-order valence-electron chi connectivity index (χ4n) is 2.90. The predicted octanol–water partition coefficient (Wildman–Crippen LogP) is 2.95. The number of carbonyl (C=O) groups excluding carboxylic acids is 1. The number of carbonyl (C=O) groups is 1. The zero-order valence-corrected chi connectivity index (χ0v) is 15.7. The van der Waals surface area contributed by atoms with E-state index >= 15 is 0 Å². The second-order valence-corrected chi connectivity index (χ2v) is 6.94. The van der Waals surface area contributed by atoms with Gasteiger partial charge in [0.1, 0.15) is 5.54 Å². The topological polar surface area (TPSA) is 80.9 Å². The number of amides is 1. The molecule has 6 heteroatoms. The van der Waals surface area contributed by atoms with Gasteiger partial charge in [-0.3, -0.25) is 20.1 Å². The number of aromatic nitrogens is 2. The summed E-state index contributed by atoms with van der Waals surface area (Å²) in [5, 5.41) is 3.39. The molecule has 0 spiro atoms. The molecule has 0 saturated heterocycles. The summed E-state index contributed by atoms with van der Waals surface area (Å²) in [6.45, 7) is 0.484. The summed E-state index contributed by atoms with van der Waals surface area (Å²) in [6, 6.07) is 15.2. The molecule has 5 nitrogen and oxygen atoms in total.